The number of anilines is 1. The summed E-state index contributed by atoms with van der Waals surface area (Å²) in [6.45, 7) is 3.96. The smallest absolute Gasteiger partial charge is 0.326 e. The summed E-state index contributed by atoms with van der Waals surface area (Å²) >= 11 is 6.03. The largest absolute Gasteiger partial charge is 0.435 e. The Balaban J connectivity index is 1.54. The van der Waals surface area contributed by atoms with Crippen LogP contribution in [0.1, 0.15) is 54.6 Å². The highest BCUT2D eigenvalue weighted by molar-refractivity contribution is 7.82. The molecule has 3 aromatic rings. The van der Waals surface area contributed by atoms with Gasteiger partial charge in [-0.15, -0.1) is 0 Å². The van der Waals surface area contributed by atoms with Gasteiger partial charge in [0.05, 0.1) is 11.0 Å². The van der Waals surface area contributed by atoms with Gasteiger partial charge in [-0.05, 0) is 55.2 Å². The van der Waals surface area contributed by atoms with Crippen molar-refractivity contribution < 1.29 is 26.6 Å². The number of nitrogens with one attached hydrogen (secondary N) is 2. The van der Waals surface area contributed by atoms with Crippen LogP contribution >= 0.6 is 11.6 Å². The van der Waals surface area contributed by atoms with Crippen molar-refractivity contribution in [3.63, 3.8) is 0 Å². The topological polar surface area (TPSA) is 79.3 Å². The third kappa shape index (κ3) is 7.97. The molecule has 0 saturated carbocycles. The predicted molar refractivity (Wildman–Crippen MR) is 156 cm³/mol. The number of benzene rings is 2. The van der Waals surface area contributed by atoms with Crippen LogP contribution in [0.4, 0.5) is 23.2 Å². The van der Waals surface area contributed by atoms with E-state index in [-0.39, 0.29) is 18.2 Å². The number of aromatic nitrogens is 2. The summed E-state index contributed by atoms with van der Waals surface area (Å²) in [5.74, 6) is -1.19. The van der Waals surface area contributed by atoms with E-state index in [2.05, 4.69) is 15.7 Å². The number of carbonyl (C=O) groups excluding carboxylic acids is 1. The van der Waals surface area contributed by atoms with E-state index in [0.717, 1.165) is 23.7 Å². The maximum Gasteiger partial charge on any atom is 0.435 e. The lowest BCUT2D eigenvalue weighted by molar-refractivity contribution is -0.141. The Kier molecular flexibility index (Phi) is 10.8. The van der Waals surface area contributed by atoms with Gasteiger partial charge in [0, 0.05) is 72.8 Å². The van der Waals surface area contributed by atoms with Gasteiger partial charge in [0.15, 0.2) is 5.69 Å². The Bertz CT molecular complexity index is 1400. The first-order chi connectivity index (χ1) is 20.0. The fourth-order valence-electron chi connectivity index (χ4n) is 5.21. The van der Waals surface area contributed by atoms with E-state index in [1.807, 2.05) is 11.2 Å². The first-order valence-corrected chi connectivity index (χ1v) is 15.4. The second-order valence-corrected chi connectivity index (χ2v) is 12.2. The number of hydrogen-bond donors (Lipinski definition) is 2. The highest BCUT2D eigenvalue weighted by atomic mass is 35.5. The Morgan fingerprint density at radius 1 is 1.24 bits per heavy atom. The molecule has 0 spiro atoms. The van der Waals surface area contributed by atoms with E-state index in [0.29, 0.717) is 53.5 Å². The minimum atomic E-state index is -4.65. The van der Waals surface area contributed by atoms with Crippen molar-refractivity contribution in [3.05, 3.63) is 81.9 Å². The number of halogens is 5. The number of nitrogens with zero attached hydrogens (tertiary/aromatic N) is 3. The van der Waals surface area contributed by atoms with E-state index in [9.17, 15) is 22.2 Å². The van der Waals surface area contributed by atoms with Crippen LogP contribution in [0.5, 0.6) is 0 Å². The maximum atomic E-state index is 15.1. The standard InChI is InChI=1S/C29H34ClF4N5O2S/c1-3-15-42(41)39-14-13-35-18-21(39)11-12-22-24(31)5-4-6-25(22)36-28(40)16-23(19-7-9-20(30)10-8-19)26-17-27(29(32,33)34)37-38(26)2/h4-10,17,21,23,35H,3,11-16,18H2,1-2H3,(H,36,40). The lowest BCUT2D eigenvalue weighted by atomic mass is 9.91. The number of amides is 1. The monoisotopic (exact) mass is 627 g/mol. The first-order valence-electron chi connectivity index (χ1n) is 13.8. The van der Waals surface area contributed by atoms with E-state index >= 15 is 4.39 Å². The van der Waals surface area contributed by atoms with Crippen molar-refractivity contribution in [2.24, 2.45) is 7.05 Å². The summed E-state index contributed by atoms with van der Waals surface area (Å²) in [4.78, 5) is 13.4. The molecule has 1 fully saturated rings. The molecule has 2 aromatic carbocycles. The second-order valence-electron chi connectivity index (χ2n) is 10.3. The summed E-state index contributed by atoms with van der Waals surface area (Å²) in [7, 11) is 0.275. The maximum absolute atomic E-state index is 15.1. The number of aryl methyl sites for hydroxylation is 1. The van der Waals surface area contributed by atoms with Gasteiger partial charge >= 0.3 is 6.18 Å². The lowest BCUT2D eigenvalue weighted by Crippen LogP contribution is -2.52. The van der Waals surface area contributed by atoms with Gasteiger partial charge in [0.1, 0.15) is 5.82 Å². The molecule has 3 unspecified atom stereocenters. The van der Waals surface area contributed by atoms with Crippen molar-refractivity contribution in [1.82, 2.24) is 19.4 Å². The van der Waals surface area contributed by atoms with Crippen LogP contribution in [0.25, 0.3) is 0 Å². The van der Waals surface area contributed by atoms with E-state index in [1.54, 1.807) is 30.3 Å². The van der Waals surface area contributed by atoms with Crippen molar-refractivity contribution in [2.45, 2.75) is 50.7 Å². The predicted octanol–water partition coefficient (Wildman–Crippen LogP) is 5.67. The van der Waals surface area contributed by atoms with Gasteiger partial charge in [-0.25, -0.2) is 12.9 Å². The number of piperazine rings is 1. The summed E-state index contributed by atoms with van der Waals surface area (Å²) in [6, 6.07) is 11.8. The highest BCUT2D eigenvalue weighted by Crippen LogP contribution is 2.35. The van der Waals surface area contributed by atoms with E-state index in [1.165, 1.54) is 19.2 Å². The molecule has 1 amide bonds. The molecule has 3 atom stereocenters. The zero-order chi connectivity index (χ0) is 30.4. The second kappa shape index (κ2) is 14.1. The zero-order valence-electron chi connectivity index (χ0n) is 23.4. The molecule has 4 rings (SSSR count). The summed E-state index contributed by atoms with van der Waals surface area (Å²) < 4.78 is 71.1. The number of alkyl halides is 3. The van der Waals surface area contributed by atoms with Gasteiger partial charge in [-0.3, -0.25) is 9.48 Å². The first kappa shape index (κ1) is 32.1. The molecule has 0 bridgehead atoms. The van der Waals surface area contributed by atoms with Crippen molar-refractivity contribution in [1.29, 1.82) is 0 Å². The molecule has 0 aliphatic carbocycles. The molecule has 1 aliphatic rings. The van der Waals surface area contributed by atoms with Crippen LogP contribution in [-0.4, -0.2) is 55.6 Å². The molecule has 1 saturated heterocycles. The fourth-order valence-corrected chi connectivity index (χ4v) is 6.73. The fraction of sp³-hybridized carbons (Fsp3) is 0.448. The third-order valence-electron chi connectivity index (χ3n) is 7.28. The van der Waals surface area contributed by atoms with Crippen molar-refractivity contribution in [3.8, 4) is 0 Å². The molecule has 228 valence electrons. The Morgan fingerprint density at radius 3 is 2.64 bits per heavy atom. The number of rotatable bonds is 11. The zero-order valence-corrected chi connectivity index (χ0v) is 25.0. The van der Waals surface area contributed by atoms with Gasteiger partial charge in [0.25, 0.3) is 0 Å². The molecule has 7 nitrogen and oxygen atoms in total. The minimum Gasteiger partial charge on any atom is -0.326 e. The summed E-state index contributed by atoms with van der Waals surface area (Å²) in [6.07, 6.45) is -3.25. The molecule has 1 aromatic heterocycles. The Hall–Kier alpha value is -2.80. The van der Waals surface area contributed by atoms with Crippen LogP contribution < -0.4 is 10.6 Å². The van der Waals surface area contributed by atoms with Gasteiger partial charge < -0.3 is 10.6 Å². The van der Waals surface area contributed by atoms with Crippen LogP contribution in [-0.2, 0) is 35.4 Å². The average molecular weight is 628 g/mol. The Morgan fingerprint density at radius 2 is 1.98 bits per heavy atom. The van der Waals surface area contributed by atoms with Crippen LogP contribution in [0, 0.1) is 5.82 Å². The molecule has 42 heavy (non-hydrogen) atoms. The number of hydrogen-bond acceptors (Lipinski definition) is 4. The molecular formula is C29H34ClF4N5O2S. The normalized spacial score (nSPS) is 17.6. The quantitative estimate of drug-likeness (QED) is 0.269. The SMILES string of the molecule is CCCS(=O)N1CCNCC1CCc1c(F)cccc1NC(=O)CC(c1ccc(Cl)cc1)c1cc(C(F)(F)F)nn1C. The van der Waals surface area contributed by atoms with Crippen molar-refractivity contribution in [2.75, 3.05) is 30.7 Å². The van der Waals surface area contributed by atoms with E-state index < -0.39 is 40.5 Å². The van der Waals surface area contributed by atoms with Crippen molar-refractivity contribution >= 4 is 34.2 Å². The molecule has 13 heteroatoms. The Labute approximate surface area is 250 Å². The molecule has 2 heterocycles. The highest BCUT2D eigenvalue weighted by Gasteiger charge is 2.36. The van der Waals surface area contributed by atoms with Crippen LogP contribution in [0.3, 0.4) is 0 Å². The van der Waals surface area contributed by atoms with E-state index in [4.69, 9.17) is 11.6 Å². The lowest BCUT2D eigenvalue weighted by Gasteiger charge is -2.35. The van der Waals surface area contributed by atoms with Gasteiger partial charge in [-0.2, -0.15) is 18.3 Å². The van der Waals surface area contributed by atoms with Crippen LogP contribution in [0.2, 0.25) is 5.02 Å². The van der Waals surface area contributed by atoms with Gasteiger partial charge in [0.2, 0.25) is 5.91 Å². The number of carbonyl (C=O) groups is 1. The summed E-state index contributed by atoms with van der Waals surface area (Å²) in [5.41, 5.74) is 0.333. The van der Waals surface area contributed by atoms with Gasteiger partial charge in [-0.1, -0.05) is 36.7 Å². The molecular weight excluding hydrogens is 594 g/mol. The van der Waals surface area contributed by atoms with Crippen LogP contribution in [0.15, 0.2) is 48.5 Å². The average Bonchev–Trinajstić information content (AvgIpc) is 3.34. The minimum absolute atomic E-state index is 0.0590. The molecule has 1 aliphatic heterocycles. The summed E-state index contributed by atoms with van der Waals surface area (Å²) in [5, 5.41) is 10.1. The molecule has 0 radical (unpaired) electrons. The molecule has 2 N–H and O–H groups in total. The third-order valence-corrected chi connectivity index (χ3v) is 9.30.